The van der Waals surface area contributed by atoms with E-state index in [9.17, 15) is 18.8 Å². The number of rotatable bonds is 8. The molecule has 41 heavy (non-hydrogen) atoms. The summed E-state index contributed by atoms with van der Waals surface area (Å²) < 4.78 is 24.8. The summed E-state index contributed by atoms with van der Waals surface area (Å²) in [6.07, 6.45) is -1.59. The second-order valence-electron chi connectivity index (χ2n) is 9.64. The number of hydrogen-bond acceptors (Lipinski definition) is 5. The van der Waals surface area contributed by atoms with Gasteiger partial charge < -0.3 is 20.1 Å². The van der Waals surface area contributed by atoms with Gasteiger partial charge in [0.2, 0.25) is 0 Å². The first-order valence-corrected chi connectivity index (χ1v) is 13.0. The Kier molecular flexibility index (Phi) is 7.96. The lowest BCUT2D eigenvalue weighted by Gasteiger charge is -2.24. The van der Waals surface area contributed by atoms with Crippen molar-refractivity contribution in [2.24, 2.45) is 0 Å². The summed E-state index contributed by atoms with van der Waals surface area (Å²) in [7, 11) is 1.49. The van der Waals surface area contributed by atoms with Gasteiger partial charge in [-0.25, -0.2) is 9.18 Å². The molecule has 4 aromatic rings. The third-order valence-electron chi connectivity index (χ3n) is 6.77. The summed E-state index contributed by atoms with van der Waals surface area (Å²) in [5.74, 6) is -0.924. The largest absolute Gasteiger partial charge is 0.496 e. The summed E-state index contributed by atoms with van der Waals surface area (Å²) in [6.45, 7) is 2.10. The van der Waals surface area contributed by atoms with E-state index < -0.39 is 30.0 Å². The van der Waals surface area contributed by atoms with Crippen LogP contribution in [0.5, 0.6) is 5.75 Å². The van der Waals surface area contributed by atoms with Crippen molar-refractivity contribution in [3.05, 3.63) is 125 Å². The molecule has 5 rings (SSSR count). The third-order valence-corrected chi connectivity index (χ3v) is 6.77. The molecule has 2 N–H and O–H groups in total. The number of anilines is 2. The lowest BCUT2D eigenvalue weighted by Crippen LogP contribution is -2.43. The zero-order chi connectivity index (χ0) is 28.9. The van der Waals surface area contributed by atoms with Gasteiger partial charge in [0.25, 0.3) is 11.8 Å². The van der Waals surface area contributed by atoms with Crippen LogP contribution in [0.2, 0.25) is 0 Å². The lowest BCUT2D eigenvalue weighted by molar-refractivity contribution is -0.121. The number of benzene rings is 4. The minimum atomic E-state index is -1.04. The highest BCUT2D eigenvalue weighted by Gasteiger charge is 2.47. The number of methoxy groups -OCH3 is 1. The monoisotopic (exact) mass is 553 g/mol. The Morgan fingerprint density at radius 1 is 0.902 bits per heavy atom. The Morgan fingerprint density at radius 2 is 1.63 bits per heavy atom. The highest BCUT2D eigenvalue weighted by atomic mass is 19.1. The molecule has 9 heteroatoms. The van der Waals surface area contributed by atoms with Crippen LogP contribution in [-0.4, -0.2) is 36.0 Å². The number of nitrogens with zero attached hydrogens (tertiary/aromatic N) is 1. The molecule has 0 radical (unpaired) electrons. The van der Waals surface area contributed by atoms with Gasteiger partial charge in [-0.3, -0.25) is 14.5 Å². The van der Waals surface area contributed by atoms with E-state index in [1.807, 2.05) is 31.2 Å². The molecule has 208 valence electrons. The maximum absolute atomic E-state index is 13.8. The Balaban J connectivity index is 1.40. The first-order chi connectivity index (χ1) is 19.8. The Labute approximate surface area is 236 Å². The number of hydrogen-bond donors (Lipinski definition) is 2. The molecule has 4 aromatic carbocycles. The molecule has 0 spiro atoms. The Bertz CT molecular complexity index is 1570. The number of aryl methyl sites for hydroxylation is 1. The van der Waals surface area contributed by atoms with Crippen molar-refractivity contribution in [3.8, 4) is 5.75 Å². The molecule has 8 nitrogen and oxygen atoms in total. The standard InChI is InChI=1S/C32H28FN3O5/c1-20-10-12-21(13-11-20)19-36-28(31(38)35-25-7-5-6-23(33)18-25)29(41-32(36)39)22-14-16-24(17-15-22)34-30(37)26-8-3-4-9-27(26)40-2/h3-18,28-29H,19H2,1-2H3,(H,34,37)(H,35,38)/t28-,29+/m0/s1. The number of para-hydroxylation sites is 1. The highest BCUT2D eigenvalue weighted by molar-refractivity contribution is 6.06. The molecule has 2 atom stereocenters. The fraction of sp³-hybridized carbons (Fsp3) is 0.156. The van der Waals surface area contributed by atoms with Gasteiger partial charge in [-0.05, 0) is 60.5 Å². The number of amides is 3. The van der Waals surface area contributed by atoms with Crippen LogP contribution >= 0.6 is 0 Å². The van der Waals surface area contributed by atoms with Gasteiger partial charge in [0.05, 0.1) is 19.2 Å². The molecule has 0 aliphatic carbocycles. The van der Waals surface area contributed by atoms with E-state index in [0.29, 0.717) is 22.6 Å². The van der Waals surface area contributed by atoms with Crippen molar-refractivity contribution in [2.45, 2.75) is 25.6 Å². The van der Waals surface area contributed by atoms with Gasteiger partial charge in [-0.1, -0.05) is 60.2 Å². The van der Waals surface area contributed by atoms with Gasteiger partial charge in [0, 0.05) is 11.4 Å². The maximum atomic E-state index is 13.8. The fourth-order valence-corrected chi connectivity index (χ4v) is 4.67. The van der Waals surface area contributed by atoms with E-state index in [-0.39, 0.29) is 18.1 Å². The number of ether oxygens (including phenoxy) is 2. The number of nitrogens with one attached hydrogen (secondary N) is 2. The number of carbonyl (C=O) groups excluding carboxylic acids is 3. The van der Waals surface area contributed by atoms with Crippen LogP contribution in [0.15, 0.2) is 97.1 Å². The molecule has 0 saturated carbocycles. The van der Waals surface area contributed by atoms with E-state index in [2.05, 4.69) is 10.6 Å². The first-order valence-electron chi connectivity index (χ1n) is 13.0. The van der Waals surface area contributed by atoms with Crippen molar-refractivity contribution >= 4 is 29.3 Å². The second kappa shape index (κ2) is 11.9. The van der Waals surface area contributed by atoms with E-state index >= 15 is 0 Å². The van der Waals surface area contributed by atoms with Crippen LogP contribution in [0.4, 0.5) is 20.6 Å². The minimum absolute atomic E-state index is 0.143. The van der Waals surface area contributed by atoms with Crippen LogP contribution in [0.1, 0.15) is 33.2 Å². The molecule has 1 saturated heterocycles. The van der Waals surface area contributed by atoms with Crippen LogP contribution < -0.4 is 15.4 Å². The Morgan fingerprint density at radius 3 is 2.34 bits per heavy atom. The molecule has 0 bridgehead atoms. The summed E-state index contributed by atoms with van der Waals surface area (Å²) in [6, 6.07) is 25.7. The summed E-state index contributed by atoms with van der Waals surface area (Å²) in [5.41, 5.74) is 3.59. The van der Waals surface area contributed by atoms with Gasteiger partial charge in [-0.2, -0.15) is 0 Å². The number of carbonyl (C=O) groups is 3. The smallest absolute Gasteiger partial charge is 0.411 e. The molecule has 1 aliphatic rings. The molecular formula is C32H28FN3O5. The van der Waals surface area contributed by atoms with Crippen molar-refractivity contribution < 1.29 is 28.2 Å². The molecule has 0 aromatic heterocycles. The lowest BCUT2D eigenvalue weighted by atomic mass is 10.00. The van der Waals surface area contributed by atoms with Crippen LogP contribution in [0, 0.1) is 12.7 Å². The Hall–Kier alpha value is -5.18. The third kappa shape index (κ3) is 6.19. The average Bonchev–Trinajstić information content (AvgIpc) is 3.30. The zero-order valence-corrected chi connectivity index (χ0v) is 22.5. The fourth-order valence-electron chi connectivity index (χ4n) is 4.67. The van der Waals surface area contributed by atoms with E-state index in [1.54, 1.807) is 54.6 Å². The van der Waals surface area contributed by atoms with Gasteiger partial charge >= 0.3 is 6.09 Å². The van der Waals surface area contributed by atoms with Crippen molar-refractivity contribution in [1.82, 2.24) is 4.90 Å². The van der Waals surface area contributed by atoms with Crippen molar-refractivity contribution in [2.75, 3.05) is 17.7 Å². The quantitative estimate of drug-likeness (QED) is 0.275. The van der Waals surface area contributed by atoms with Crippen molar-refractivity contribution in [3.63, 3.8) is 0 Å². The minimum Gasteiger partial charge on any atom is -0.496 e. The van der Waals surface area contributed by atoms with Crippen LogP contribution in [0.25, 0.3) is 0 Å². The van der Waals surface area contributed by atoms with E-state index in [1.165, 1.54) is 30.2 Å². The number of cyclic esters (lactones) is 1. The molecule has 0 unspecified atom stereocenters. The normalized spacial score (nSPS) is 16.2. The van der Waals surface area contributed by atoms with Gasteiger partial charge in [-0.15, -0.1) is 0 Å². The number of halogens is 1. The van der Waals surface area contributed by atoms with Gasteiger partial charge in [0.15, 0.2) is 12.1 Å². The summed E-state index contributed by atoms with van der Waals surface area (Å²) in [5, 5.41) is 5.54. The summed E-state index contributed by atoms with van der Waals surface area (Å²) in [4.78, 5) is 40.8. The SMILES string of the molecule is COc1ccccc1C(=O)Nc1ccc([C@H]2OC(=O)N(Cc3ccc(C)cc3)[C@@H]2C(=O)Nc2cccc(F)c2)cc1. The molecule has 1 fully saturated rings. The average molecular weight is 554 g/mol. The predicted molar refractivity (Wildman–Crippen MR) is 152 cm³/mol. The topological polar surface area (TPSA) is 97.0 Å². The van der Waals surface area contributed by atoms with Crippen LogP contribution in [-0.2, 0) is 16.1 Å². The molecule has 1 aliphatic heterocycles. The van der Waals surface area contributed by atoms with E-state index in [4.69, 9.17) is 9.47 Å². The van der Waals surface area contributed by atoms with Crippen molar-refractivity contribution in [1.29, 1.82) is 0 Å². The summed E-state index contributed by atoms with van der Waals surface area (Å²) >= 11 is 0. The molecule has 3 amide bonds. The highest BCUT2D eigenvalue weighted by Crippen LogP contribution is 2.35. The molecule has 1 heterocycles. The maximum Gasteiger partial charge on any atom is 0.411 e. The van der Waals surface area contributed by atoms with Gasteiger partial charge in [0.1, 0.15) is 11.6 Å². The zero-order valence-electron chi connectivity index (χ0n) is 22.5. The second-order valence-corrected chi connectivity index (χ2v) is 9.64. The molecular weight excluding hydrogens is 525 g/mol. The predicted octanol–water partition coefficient (Wildman–Crippen LogP) is 6.10. The van der Waals surface area contributed by atoms with Crippen LogP contribution in [0.3, 0.4) is 0 Å². The van der Waals surface area contributed by atoms with E-state index in [0.717, 1.165) is 11.1 Å². The first kappa shape index (κ1) is 27.4.